The number of carbonyl (C=O) groups is 2. The Kier molecular flexibility index (Phi) is 8.80. The van der Waals surface area contributed by atoms with E-state index in [1.807, 2.05) is 36.4 Å². The molecule has 0 spiro atoms. The van der Waals surface area contributed by atoms with Crippen molar-refractivity contribution in [2.75, 3.05) is 7.11 Å². The number of esters is 1. The van der Waals surface area contributed by atoms with Crippen LogP contribution in [-0.2, 0) is 22.3 Å². The topological polar surface area (TPSA) is 71.1 Å². The average Bonchev–Trinajstić information content (AvgIpc) is 2.87. The van der Waals surface area contributed by atoms with Crippen LogP contribution in [0.1, 0.15) is 28.4 Å². The van der Waals surface area contributed by atoms with Crippen molar-refractivity contribution in [3.8, 4) is 17.2 Å². The fourth-order valence-corrected chi connectivity index (χ4v) is 3.03. The van der Waals surface area contributed by atoms with E-state index >= 15 is 0 Å². The van der Waals surface area contributed by atoms with E-state index < -0.39 is 11.9 Å². The maximum atomic E-state index is 12.3. The van der Waals surface area contributed by atoms with E-state index in [1.54, 1.807) is 50.4 Å². The summed E-state index contributed by atoms with van der Waals surface area (Å²) >= 11 is 0. The summed E-state index contributed by atoms with van der Waals surface area (Å²) in [6.45, 7) is 5.03. The Morgan fingerprint density at radius 1 is 0.794 bits per heavy atom. The van der Waals surface area contributed by atoms with Crippen LogP contribution in [0.2, 0.25) is 0 Å². The Balaban J connectivity index is 1.48. The summed E-state index contributed by atoms with van der Waals surface area (Å²) < 4.78 is 21.0. The summed E-state index contributed by atoms with van der Waals surface area (Å²) in [5, 5.41) is 0. The molecular weight excluding hydrogens is 431 g/mol. The summed E-state index contributed by atoms with van der Waals surface area (Å²) in [4.78, 5) is 23.4. The Morgan fingerprint density at radius 2 is 1.29 bits per heavy atom. The van der Waals surface area contributed by atoms with Crippen LogP contribution in [0.25, 0.3) is 0 Å². The van der Waals surface area contributed by atoms with E-state index in [0.29, 0.717) is 28.5 Å². The van der Waals surface area contributed by atoms with Gasteiger partial charge in [-0.25, -0.2) is 4.79 Å². The number of carbonyl (C=O) groups excluding carboxylic acids is 2. The molecule has 0 N–H and O–H groups in total. The average molecular weight is 456 g/mol. The van der Waals surface area contributed by atoms with Gasteiger partial charge in [-0.2, -0.15) is 0 Å². The first-order valence-corrected chi connectivity index (χ1v) is 10.7. The Bertz CT molecular complexity index is 1150. The van der Waals surface area contributed by atoms with Crippen molar-refractivity contribution < 1.29 is 28.5 Å². The molecule has 34 heavy (non-hydrogen) atoms. The third-order valence-corrected chi connectivity index (χ3v) is 4.87. The van der Waals surface area contributed by atoms with Gasteiger partial charge in [0.2, 0.25) is 0 Å². The number of rotatable bonds is 10. The molecule has 3 rings (SSSR count). The number of hydrogen-bond acceptors (Lipinski definition) is 6. The van der Waals surface area contributed by atoms with Crippen LogP contribution in [0.3, 0.4) is 0 Å². The SMILES string of the molecule is C=CC(=O)OB=C(C)Oc1ccc(CCc2ccc(OC(=O)c3ccc(OC)cc3)cc2)cc1. The van der Waals surface area contributed by atoms with Crippen LogP contribution in [-0.4, -0.2) is 31.8 Å². The molecule has 0 bridgehead atoms. The number of ether oxygens (including phenoxy) is 3. The third-order valence-electron chi connectivity index (χ3n) is 4.87. The van der Waals surface area contributed by atoms with E-state index in [1.165, 1.54) is 7.12 Å². The number of methoxy groups -OCH3 is 1. The van der Waals surface area contributed by atoms with E-state index in [9.17, 15) is 9.59 Å². The maximum absolute atomic E-state index is 12.3. The van der Waals surface area contributed by atoms with Gasteiger partial charge >= 0.3 is 142 Å². The van der Waals surface area contributed by atoms with Crippen molar-refractivity contribution in [3.63, 3.8) is 0 Å². The van der Waals surface area contributed by atoms with Crippen molar-refractivity contribution in [3.05, 3.63) is 102 Å². The van der Waals surface area contributed by atoms with Gasteiger partial charge in [0.15, 0.2) is 0 Å². The van der Waals surface area contributed by atoms with Gasteiger partial charge in [-0.05, 0) is 24.3 Å². The van der Waals surface area contributed by atoms with E-state index in [2.05, 4.69) is 6.58 Å². The molecule has 0 amide bonds. The zero-order chi connectivity index (χ0) is 24.3. The molecule has 0 aliphatic rings. The first-order chi connectivity index (χ1) is 16.5. The molecule has 6 nitrogen and oxygen atoms in total. The van der Waals surface area contributed by atoms with Crippen molar-refractivity contribution >= 4 is 24.7 Å². The second-order valence-electron chi connectivity index (χ2n) is 7.38. The fraction of sp³-hybridized carbons (Fsp3) is 0.148. The van der Waals surface area contributed by atoms with Crippen molar-refractivity contribution in [2.45, 2.75) is 19.8 Å². The summed E-state index contributed by atoms with van der Waals surface area (Å²) in [7, 11) is 2.82. The van der Waals surface area contributed by atoms with E-state index in [0.717, 1.165) is 30.0 Å². The molecule has 3 aromatic rings. The molecule has 3 aromatic carbocycles. The second kappa shape index (κ2) is 12.2. The van der Waals surface area contributed by atoms with Crippen LogP contribution >= 0.6 is 0 Å². The van der Waals surface area contributed by atoms with Crippen LogP contribution in [0, 0.1) is 0 Å². The molecule has 0 aliphatic carbocycles. The van der Waals surface area contributed by atoms with E-state index in [4.69, 9.17) is 18.9 Å². The summed E-state index contributed by atoms with van der Waals surface area (Å²) in [5.41, 5.74) is 3.20. The summed E-state index contributed by atoms with van der Waals surface area (Å²) in [6, 6.07) is 22.0. The van der Waals surface area contributed by atoms with Gasteiger partial charge in [0.05, 0.1) is 12.7 Å². The van der Waals surface area contributed by atoms with Gasteiger partial charge in [0.1, 0.15) is 5.75 Å². The number of benzene rings is 3. The Labute approximate surface area is 199 Å². The molecule has 172 valence electrons. The molecule has 0 unspecified atom stereocenters. The zero-order valence-corrected chi connectivity index (χ0v) is 19.2. The molecule has 0 fully saturated rings. The molecule has 0 radical (unpaired) electrons. The first-order valence-electron chi connectivity index (χ1n) is 10.7. The molecule has 0 atom stereocenters. The fourth-order valence-electron chi connectivity index (χ4n) is 3.03. The predicted octanol–water partition coefficient (Wildman–Crippen LogP) is 4.58. The second-order valence-corrected chi connectivity index (χ2v) is 7.38. The van der Waals surface area contributed by atoms with Crippen molar-refractivity contribution in [1.29, 1.82) is 0 Å². The zero-order valence-electron chi connectivity index (χ0n) is 19.2. The summed E-state index contributed by atoms with van der Waals surface area (Å²) in [5.74, 6) is 0.869. The molecule has 0 saturated carbocycles. The van der Waals surface area contributed by atoms with Gasteiger partial charge in [-0.1, -0.05) is 0 Å². The number of aryl methyl sites for hydroxylation is 2. The monoisotopic (exact) mass is 456 g/mol. The van der Waals surface area contributed by atoms with Crippen molar-refractivity contribution in [1.82, 2.24) is 0 Å². The van der Waals surface area contributed by atoms with Gasteiger partial charge in [-0.3, -0.25) is 0 Å². The third kappa shape index (κ3) is 7.48. The minimum atomic E-state index is -0.540. The Morgan fingerprint density at radius 3 is 1.79 bits per heavy atom. The molecule has 0 saturated heterocycles. The van der Waals surface area contributed by atoms with Gasteiger partial charge in [0.25, 0.3) is 0 Å². The minimum absolute atomic E-state index is 0.415. The quantitative estimate of drug-likeness (QED) is 0.193. The molecule has 0 aromatic heterocycles. The predicted molar refractivity (Wildman–Crippen MR) is 132 cm³/mol. The van der Waals surface area contributed by atoms with Gasteiger partial charge in [-0.15, -0.1) is 0 Å². The first kappa shape index (κ1) is 24.5. The number of hydrogen-bond donors (Lipinski definition) is 0. The van der Waals surface area contributed by atoms with Crippen LogP contribution in [0.4, 0.5) is 0 Å². The van der Waals surface area contributed by atoms with E-state index in [-0.39, 0.29) is 0 Å². The standard InChI is InChI=1S/C27H25BO6/c1-4-26(29)34-28-19(2)32-24-13-7-20(8-14-24)5-6-21-9-15-25(16-10-21)33-27(30)22-11-17-23(31-3)18-12-22/h4,7-18H,1,5-6H2,2-3H3. The van der Waals surface area contributed by atoms with Gasteiger partial charge < -0.3 is 9.47 Å². The normalized spacial score (nSPS) is 10.6. The van der Waals surface area contributed by atoms with Crippen molar-refractivity contribution in [2.24, 2.45) is 0 Å². The Hall–Kier alpha value is -4.13. The molecular formula is C27H25BO6. The summed E-state index contributed by atoms with van der Waals surface area (Å²) in [6.07, 6.45) is 2.77. The molecule has 0 heterocycles. The van der Waals surface area contributed by atoms with Crippen LogP contribution in [0.5, 0.6) is 17.2 Å². The molecule has 7 heteroatoms. The van der Waals surface area contributed by atoms with Crippen LogP contribution in [0.15, 0.2) is 85.5 Å². The molecule has 0 aliphatic heterocycles. The van der Waals surface area contributed by atoms with Crippen LogP contribution < -0.4 is 14.2 Å². The van der Waals surface area contributed by atoms with Gasteiger partial charge in [0, 0.05) is 0 Å².